The third-order valence-corrected chi connectivity index (χ3v) is 5.14. The maximum atomic E-state index is 5.93. The van der Waals surface area contributed by atoms with Gasteiger partial charge < -0.3 is 4.74 Å². The van der Waals surface area contributed by atoms with E-state index in [2.05, 4.69) is 29.5 Å². The molecule has 0 spiro atoms. The maximum Gasteiger partial charge on any atom is 0.0878 e. The number of halogens is 2. The van der Waals surface area contributed by atoms with Crippen molar-refractivity contribution >= 4 is 34.2 Å². The van der Waals surface area contributed by atoms with E-state index in [9.17, 15) is 0 Å². The summed E-state index contributed by atoms with van der Waals surface area (Å²) in [5.41, 5.74) is -0.112. The van der Waals surface area contributed by atoms with Crippen molar-refractivity contribution < 1.29 is 4.74 Å². The highest BCUT2D eigenvalue weighted by molar-refractivity contribution is 14.1. The van der Waals surface area contributed by atoms with E-state index in [4.69, 9.17) is 16.3 Å². The minimum Gasteiger partial charge on any atom is -0.373 e. The van der Waals surface area contributed by atoms with E-state index in [1.807, 2.05) is 0 Å². The van der Waals surface area contributed by atoms with Crippen LogP contribution in [0, 0.1) is 5.92 Å². The van der Waals surface area contributed by atoms with Gasteiger partial charge in [0.1, 0.15) is 0 Å². The number of alkyl halides is 2. The normalized spacial score (nSPS) is 23.4. The molecule has 1 atom stereocenters. The molecule has 1 aliphatic rings. The molecule has 1 rings (SSSR count). The Morgan fingerprint density at radius 2 is 2.00 bits per heavy atom. The molecule has 0 aromatic heterocycles. The summed E-state index contributed by atoms with van der Waals surface area (Å²) in [6.07, 6.45) is 6.88. The Morgan fingerprint density at radius 3 is 2.50 bits per heavy atom. The van der Waals surface area contributed by atoms with Crippen molar-refractivity contribution in [3.8, 4) is 0 Å². The first-order chi connectivity index (χ1) is 6.70. The van der Waals surface area contributed by atoms with E-state index in [0.29, 0.717) is 5.88 Å². The lowest BCUT2D eigenvalue weighted by Crippen LogP contribution is -2.35. The maximum absolute atomic E-state index is 5.93. The quantitative estimate of drug-likeness (QED) is 0.546. The van der Waals surface area contributed by atoms with Crippen LogP contribution in [0.2, 0.25) is 0 Å². The zero-order chi connectivity index (χ0) is 10.4. The fourth-order valence-corrected chi connectivity index (χ4v) is 2.77. The minimum atomic E-state index is -0.112. The fourth-order valence-electron chi connectivity index (χ4n) is 1.79. The topological polar surface area (TPSA) is 9.23 Å². The lowest BCUT2D eigenvalue weighted by atomic mass is 9.90. The molecular weight excluding hydrogens is 310 g/mol. The SMILES string of the molecule is CC(CCl)(CI)OCC1CCCCC1. The van der Waals surface area contributed by atoms with E-state index in [1.54, 1.807) is 0 Å². The first-order valence-electron chi connectivity index (χ1n) is 5.46. The molecule has 1 unspecified atom stereocenters. The van der Waals surface area contributed by atoms with Crippen LogP contribution in [0.4, 0.5) is 0 Å². The Labute approximate surface area is 106 Å². The molecule has 84 valence electrons. The molecule has 14 heavy (non-hydrogen) atoms. The second-order valence-electron chi connectivity index (χ2n) is 4.53. The summed E-state index contributed by atoms with van der Waals surface area (Å²) in [6.45, 7) is 3.02. The van der Waals surface area contributed by atoms with Crippen LogP contribution in [0.15, 0.2) is 0 Å². The van der Waals surface area contributed by atoms with Crippen LogP contribution in [0.5, 0.6) is 0 Å². The average Bonchev–Trinajstić information content (AvgIpc) is 2.27. The molecule has 0 bridgehead atoms. The lowest BCUT2D eigenvalue weighted by Gasteiger charge is -2.29. The molecule has 0 amide bonds. The van der Waals surface area contributed by atoms with Crippen molar-refractivity contribution in [3.05, 3.63) is 0 Å². The van der Waals surface area contributed by atoms with Gasteiger partial charge in [-0.3, -0.25) is 0 Å². The fraction of sp³-hybridized carbons (Fsp3) is 1.00. The Balaban J connectivity index is 2.23. The largest absolute Gasteiger partial charge is 0.373 e. The third kappa shape index (κ3) is 4.23. The van der Waals surface area contributed by atoms with Gasteiger partial charge in [0.2, 0.25) is 0 Å². The van der Waals surface area contributed by atoms with Crippen LogP contribution in [0.25, 0.3) is 0 Å². The van der Waals surface area contributed by atoms with E-state index >= 15 is 0 Å². The van der Waals surface area contributed by atoms with Gasteiger partial charge in [-0.25, -0.2) is 0 Å². The second kappa shape index (κ2) is 6.54. The predicted octanol–water partition coefficient (Wildman–Crippen LogP) is 4.02. The first-order valence-corrected chi connectivity index (χ1v) is 7.52. The van der Waals surface area contributed by atoms with E-state index in [-0.39, 0.29) is 5.60 Å². The monoisotopic (exact) mass is 330 g/mol. The van der Waals surface area contributed by atoms with Crippen LogP contribution in [-0.4, -0.2) is 22.5 Å². The zero-order valence-corrected chi connectivity index (χ0v) is 11.8. The minimum absolute atomic E-state index is 0.112. The van der Waals surface area contributed by atoms with E-state index < -0.39 is 0 Å². The molecule has 1 nitrogen and oxygen atoms in total. The van der Waals surface area contributed by atoms with Crippen molar-refractivity contribution in [2.75, 3.05) is 16.9 Å². The van der Waals surface area contributed by atoms with Gasteiger partial charge in [-0.2, -0.15) is 0 Å². The molecule has 0 N–H and O–H groups in total. The Kier molecular flexibility index (Phi) is 6.09. The molecule has 0 saturated heterocycles. The molecule has 0 heterocycles. The Bertz CT molecular complexity index is 153. The highest BCUT2D eigenvalue weighted by Gasteiger charge is 2.24. The highest BCUT2D eigenvalue weighted by Crippen LogP contribution is 2.26. The van der Waals surface area contributed by atoms with Gasteiger partial charge in [0.15, 0.2) is 0 Å². The number of ether oxygens (including phenoxy) is 1. The summed E-state index contributed by atoms with van der Waals surface area (Å²) in [4.78, 5) is 0. The van der Waals surface area contributed by atoms with Crippen LogP contribution in [0.3, 0.4) is 0 Å². The third-order valence-electron chi connectivity index (χ3n) is 2.96. The summed E-state index contributed by atoms with van der Waals surface area (Å²) in [6, 6.07) is 0. The Morgan fingerprint density at radius 1 is 1.36 bits per heavy atom. The number of hydrogen-bond donors (Lipinski definition) is 0. The van der Waals surface area contributed by atoms with Gasteiger partial charge in [-0.15, -0.1) is 11.6 Å². The summed E-state index contributed by atoms with van der Waals surface area (Å²) >= 11 is 8.25. The van der Waals surface area contributed by atoms with Crippen LogP contribution >= 0.6 is 34.2 Å². The predicted molar refractivity (Wildman–Crippen MR) is 70.5 cm³/mol. The van der Waals surface area contributed by atoms with Gasteiger partial charge in [-0.1, -0.05) is 41.9 Å². The van der Waals surface area contributed by atoms with Crippen LogP contribution in [-0.2, 0) is 4.74 Å². The summed E-state index contributed by atoms with van der Waals surface area (Å²) < 4.78 is 6.90. The van der Waals surface area contributed by atoms with Crippen molar-refractivity contribution in [2.24, 2.45) is 5.92 Å². The van der Waals surface area contributed by atoms with E-state index in [0.717, 1.165) is 17.0 Å². The van der Waals surface area contributed by atoms with Gasteiger partial charge in [-0.05, 0) is 25.7 Å². The molecule has 3 heteroatoms. The van der Waals surface area contributed by atoms with Crippen molar-refractivity contribution in [2.45, 2.75) is 44.6 Å². The van der Waals surface area contributed by atoms with Gasteiger partial charge in [0.05, 0.1) is 18.1 Å². The zero-order valence-electron chi connectivity index (χ0n) is 8.90. The average molecular weight is 331 g/mol. The van der Waals surface area contributed by atoms with Crippen molar-refractivity contribution in [1.82, 2.24) is 0 Å². The van der Waals surface area contributed by atoms with Crippen molar-refractivity contribution in [1.29, 1.82) is 0 Å². The highest BCUT2D eigenvalue weighted by atomic mass is 127. The van der Waals surface area contributed by atoms with Gasteiger partial charge >= 0.3 is 0 Å². The molecule has 0 aromatic rings. The van der Waals surface area contributed by atoms with Crippen LogP contribution in [0.1, 0.15) is 39.0 Å². The van der Waals surface area contributed by atoms with Crippen molar-refractivity contribution in [3.63, 3.8) is 0 Å². The molecule has 0 aliphatic heterocycles. The molecular formula is C11H20ClIO. The molecule has 0 radical (unpaired) electrons. The van der Waals surface area contributed by atoms with Gasteiger partial charge in [0.25, 0.3) is 0 Å². The smallest absolute Gasteiger partial charge is 0.0878 e. The molecule has 1 aliphatic carbocycles. The van der Waals surface area contributed by atoms with Gasteiger partial charge in [0, 0.05) is 4.43 Å². The summed E-state index contributed by atoms with van der Waals surface area (Å²) in [5, 5.41) is 0. The molecule has 1 fully saturated rings. The summed E-state index contributed by atoms with van der Waals surface area (Å²) in [7, 11) is 0. The second-order valence-corrected chi connectivity index (χ2v) is 5.56. The first kappa shape index (κ1) is 13.0. The lowest BCUT2D eigenvalue weighted by molar-refractivity contribution is -0.0202. The molecule has 0 aromatic carbocycles. The van der Waals surface area contributed by atoms with Crippen LogP contribution < -0.4 is 0 Å². The Hall–Kier alpha value is 0.980. The molecule has 1 saturated carbocycles. The van der Waals surface area contributed by atoms with E-state index in [1.165, 1.54) is 32.1 Å². The standard InChI is InChI=1S/C11H20ClIO/c1-11(8-12,9-13)14-7-10-5-3-2-4-6-10/h10H,2-9H2,1H3. The number of rotatable bonds is 5. The summed E-state index contributed by atoms with van der Waals surface area (Å²) in [5.74, 6) is 1.39. The number of hydrogen-bond acceptors (Lipinski definition) is 1.